The molecule has 0 aliphatic heterocycles. The van der Waals surface area contributed by atoms with E-state index in [9.17, 15) is 18.0 Å². The zero-order chi connectivity index (χ0) is 33.3. The SMILES string of the molecule is CC[C@H](C)NC(=O)[C@@H](Cc1ccccc1)N(Cc1ccc(Br)cc1)C(=O)CN(c1ccc(OC)cc1)S(=O)(=O)c1ccc(C)cc1. The molecule has 0 aliphatic carbocycles. The molecule has 4 rings (SSSR count). The van der Waals surface area contributed by atoms with Gasteiger partial charge in [0.15, 0.2) is 0 Å². The van der Waals surface area contributed by atoms with E-state index < -0.39 is 28.5 Å². The number of hydrogen-bond acceptors (Lipinski definition) is 5. The molecule has 0 unspecified atom stereocenters. The molecular weight excluding hydrogens is 666 g/mol. The number of amides is 2. The first-order valence-corrected chi connectivity index (χ1v) is 17.4. The number of aryl methyl sites for hydroxylation is 1. The normalized spacial score (nSPS) is 12.5. The minimum atomic E-state index is -4.19. The van der Waals surface area contributed by atoms with Crippen molar-refractivity contribution < 1.29 is 22.7 Å². The fraction of sp³-hybridized carbons (Fsp3) is 0.278. The number of sulfonamides is 1. The molecule has 0 saturated heterocycles. The number of halogens is 1. The monoisotopic (exact) mass is 705 g/mol. The van der Waals surface area contributed by atoms with Gasteiger partial charge in [-0.15, -0.1) is 0 Å². The van der Waals surface area contributed by atoms with Gasteiger partial charge in [0.05, 0.1) is 17.7 Å². The van der Waals surface area contributed by atoms with Crippen LogP contribution in [0.3, 0.4) is 0 Å². The summed E-state index contributed by atoms with van der Waals surface area (Å²) in [6.45, 7) is 5.33. The zero-order valence-electron chi connectivity index (χ0n) is 26.5. The summed E-state index contributed by atoms with van der Waals surface area (Å²) in [5.74, 6) is -0.278. The summed E-state index contributed by atoms with van der Waals surface area (Å²) in [4.78, 5) is 30.0. The van der Waals surface area contributed by atoms with Crippen LogP contribution < -0.4 is 14.4 Å². The van der Waals surface area contributed by atoms with E-state index >= 15 is 0 Å². The van der Waals surface area contributed by atoms with E-state index in [2.05, 4.69) is 21.2 Å². The second-order valence-corrected chi connectivity index (χ2v) is 14.0. The van der Waals surface area contributed by atoms with Gasteiger partial charge in [-0.2, -0.15) is 0 Å². The van der Waals surface area contributed by atoms with Crippen LogP contribution in [0.25, 0.3) is 0 Å². The maximum atomic E-state index is 14.6. The van der Waals surface area contributed by atoms with Crippen LogP contribution in [0.1, 0.15) is 37.0 Å². The van der Waals surface area contributed by atoms with Crippen LogP contribution in [0, 0.1) is 6.92 Å². The quantitative estimate of drug-likeness (QED) is 0.161. The van der Waals surface area contributed by atoms with Crippen molar-refractivity contribution in [3.05, 3.63) is 124 Å². The summed E-state index contributed by atoms with van der Waals surface area (Å²) in [6.07, 6.45) is 0.961. The maximum Gasteiger partial charge on any atom is 0.264 e. The van der Waals surface area contributed by atoms with Crippen molar-refractivity contribution >= 4 is 43.5 Å². The van der Waals surface area contributed by atoms with Crippen LogP contribution in [0.15, 0.2) is 112 Å². The molecule has 0 saturated carbocycles. The first-order valence-electron chi connectivity index (χ1n) is 15.1. The van der Waals surface area contributed by atoms with Gasteiger partial charge < -0.3 is 15.0 Å². The minimum absolute atomic E-state index is 0.0523. The molecule has 2 atom stereocenters. The molecule has 0 spiro atoms. The third kappa shape index (κ3) is 8.98. The Balaban J connectivity index is 1.80. The molecule has 0 radical (unpaired) electrons. The van der Waals surface area contributed by atoms with E-state index in [1.807, 2.05) is 75.4 Å². The molecule has 242 valence electrons. The van der Waals surface area contributed by atoms with Crippen LogP contribution in [0.2, 0.25) is 0 Å². The highest BCUT2D eigenvalue weighted by molar-refractivity contribution is 9.10. The second kappa shape index (κ2) is 15.9. The number of ether oxygens (including phenoxy) is 1. The van der Waals surface area contributed by atoms with E-state index in [0.717, 1.165) is 25.5 Å². The van der Waals surface area contributed by atoms with Crippen molar-refractivity contribution in [3.63, 3.8) is 0 Å². The lowest BCUT2D eigenvalue weighted by Gasteiger charge is -2.34. The molecule has 8 nitrogen and oxygen atoms in total. The standard InChI is InChI=1S/C36H40BrN3O5S/c1-5-27(3)38-36(42)34(23-28-9-7-6-8-10-28)39(24-29-13-15-30(37)16-14-29)35(41)25-40(31-17-19-32(45-4)20-18-31)46(43,44)33-21-11-26(2)12-22-33/h6-22,27,34H,5,23-25H2,1-4H3,(H,38,42)/t27-,34+/m0/s1. The summed E-state index contributed by atoms with van der Waals surface area (Å²) in [6, 6.07) is 29.0. The topological polar surface area (TPSA) is 96.0 Å². The average Bonchev–Trinajstić information content (AvgIpc) is 3.06. The summed E-state index contributed by atoms with van der Waals surface area (Å²) in [7, 11) is -2.66. The molecule has 0 fully saturated rings. The Bertz CT molecular complexity index is 1700. The van der Waals surface area contributed by atoms with E-state index in [4.69, 9.17) is 4.74 Å². The molecule has 0 bridgehead atoms. The number of hydrogen-bond donors (Lipinski definition) is 1. The second-order valence-electron chi connectivity index (χ2n) is 11.2. The van der Waals surface area contributed by atoms with Crippen LogP contribution in [0.4, 0.5) is 5.69 Å². The Morgan fingerprint density at radius 3 is 2.09 bits per heavy atom. The van der Waals surface area contributed by atoms with Crippen molar-refractivity contribution in [2.45, 2.75) is 57.1 Å². The van der Waals surface area contributed by atoms with Gasteiger partial charge in [0.25, 0.3) is 10.0 Å². The average molecular weight is 707 g/mol. The van der Waals surface area contributed by atoms with Crippen LogP contribution in [0.5, 0.6) is 5.75 Å². The Morgan fingerprint density at radius 2 is 1.50 bits per heavy atom. The number of nitrogens with one attached hydrogen (secondary N) is 1. The third-order valence-electron chi connectivity index (χ3n) is 7.79. The van der Waals surface area contributed by atoms with Gasteiger partial charge in [-0.25, -0.2) is 8.42 Å². The minimum Gasteiger partial charge on any atom is -0.497 e. The first-order chi connectivity index (χ1) is 22.0. The lowest BCUT2D eigenvalue weighted by Crippen LogP contribution is -2.54. The van der Waals surface area contributed by atoms with Crippen LogP contribution >= 0.6 is 15.9 Å². The van der Waals surface area contributed by atoms with Gasteiger partial charge in [0, 0.05) is 23.5 Å². The molecule has 46 heavy (non-hydrogen) atoms. The predicted octanol–water partition coefficient (Wildman–Crippen LogP) is 6.52. The van der Waals surface area contributed by atoms with Gasteiger partial charge in [-0.3, -0.25) is 13.9 Å². The number of nitrogens with zero attached hydrogens (tertiary/aromatic N) is 2. The Hall–Kier alpha value is -4.15. The molecule has 2 amide bonds. The molecule has 10 heteroatoms. The Labute approximate surface area is 280 Å². The molecule has 0 heterocycles. The number of methoxy groups -OCH3 is 1. The van der Waals surface area contributed by atoms with Crippen LogP contribution in [-0.2, 0) is 32.6 Å². The Kier molecular flexibility index (Phi) is 12.0. The van der Waals surface area contributed by atoms with E-state index in [-0.39, 0.29) is 29.8 Å². The van der Waals surface area contributed by atoms with Gasteiger partial charge >= 0.3 is 0 Å². The maximum absolute atomic E-state index is 14.6. The highest BCUT2D eigenvalue weighted by atomic mass is 79.9. The van der Waals surface area contributed by atoms with Gasteiger partial charge in [-0.1, -0.05) is 83.0 Å². The van der Waals surface area contributed by atoms with Crippen molar-refractivity contribution in [2.24, 2.45) is 0 Å². The first kappa shape index (κ1) is 34.7. The number of carbonyl (C=O) groups is 2. The lowest BCUT2D eigenvalue weighted by atomic mass is 10.0. The lowest BCUT2D eigenvalue weighted by molar-refractivity contribution is -0.140. The Morgan fingerprint density at radius 1 is 0.870 bits per heavy atom. The third-order valence-corrected chi connectivity index (χ3v) is 10.1. The largest absolute Gasteiger partial charge is 0.497 e. The fourth-order valence-electron chi connectivity index (χ4n) is 4.90. The van der Waals surface area contributed by atoms with Crippen molar-refractivity contribution in [1.82, 2.24) is 10.2 Å². The summed E-state index contributed by atoms with van der Waals surface area (Å²) in [5, 5.41) is 3.05. The number of benzene rings is 4. The van der Waals surface area contributed by atoms with Gasteiger partial charge in [0.1, 0.15) is 18.3 Å². The summed E-state index contributed by atoms with van der Waals surface area (Å²) >= 11 is 3.46. The van der Waals surface area contributed by atoms with Crippen molar-refractivity contribution in [3.8, 4) is 5.75 Å². The van der Waals surface area contributed by atoms with E-state index in [0.29, 0.717) is 17.9 Å². The van der Waals surface area contributed by atoms with Crippen molar-refractivity contribution in [2.75, 3.05) is 18.0 Å². The van der Waals surface area contributed by atoms with Crippen molar-refractivity contribution in [1.29, 1.82) is 0 Å². The number of anilines is 1. The van der Waals surface area contributed by atoms with Gasteiger partial charge in [0.2, 0.25) is 11.8 Å². The molecule has 4 aromatic rings. The fourth-order valence-corrected chi connectivity index (χ4v) is 6.57. The molecule has 1 N–H and O–H groups in total. The smallest absolute Gasteiger partial charge is 0.264 e. The van der Waals surface area contributed by atoms with E-state index in [1.165, 1.54) is 24.1 Å². The highest BCUT2D eigenvalue weighted by Gasteiger charge is 2.35. The molecule has 4 aromatic carbocycles. The van der Waals surface area contributed by atoms with Gasteiger partial charge in [-0.05, 0) is 79.9 Å². The molecular formula is C36H40BrN3O5S. The molecule has 0 aliphatic rings. The number of rotatable bonds is 14. The van der Waals surface area contributed by atoms with Crippen LogP contribution in [-0.4, -0.2) is 50.9 Å². The number of carbonyl (C=O) groups excluding carboxylic acids is 2. The molecule has 0 aromatic heterocycles. The van der Waals surface area contributed by atoms with E-state index in [1.54, 1.807) is 36.4 Å². The highest BCUT2D eigenvalue weighted by Crippen LogP contribution is 2.27. The predicted molar refractivity (Wildman–Crippen MR) is 185 cm³/mol. The summed E-state index contributed by atoms with van der Waals surface area (Å²) in [5.41, 5.74) is 2.87. The zero-order valence-corrected chi connectivity index (χ0v) is 28.9. The summed E-state index contributed by atoms with van der Waals surface area (Å²) < 4.78 is 35.6.